The fraction of sp³-hybridized carbons (Fsp3) is 0.348. The molecule has 5 nitrogen and oxygen atoms in total. The number of aryl methyl sites for hydroxylation is 2. The number of nitrogens with zero attached hydrogens (tertiary/aromatic N) is 1. The third-order valence-corrected chi connectivity index (χ3v) is 5.97. The van der Waals surface area contributed by atoms with Crippen molar-refractivity contribution in [1.82, 2.24) is 0 Å². The van der Waals surface area contributed by atoms with Gasteiger partial charge in [-0.05, 0) is 68.1 Å². The molecular weight excluding hydrogens is 352 g/mol. The van der Waals surface area contributed by atoms with E-state index in [0.29, 0.717) is 11.3 Å². The number of carbonyl (C=O) groups is 3. The molecule has 1 saturated carbocycles. The summed E-state index contributed by atoms with van der Waals surface area (Å²) in [6.07, 6.45) is 3.54. The fourth-order valence-corrected chi connectivity index (χ4v) is 4.23. The topological polar surface area (TPSA) is 66.5 Å². The number of nitrogens with one attached hydrogen (secondary N) is 1. The van der Waals surface area contributed by atoms with Crippen molar-refractivity contribution in [2.45, 2.75) is 39.5 Å². The number of rotatable bonds is 3. The zero-order chi connectivity index (χ0) is 19.8. The Morgan fingerprint density at radius 2 is 1.61 bits per heavy atom. The Kier molecular flexibility index (Phi) is 4.75. The van der Waals surface area contributed by atoms with E-state index in [4.69, 9.17) is 0 Å². The van der Waals surface area contributed by atoms with Gasteiger partial charge in [-0.3, -0.25) is 19.3 Å². The van der Waals surface area contributed by atoms with E-state index in [9.17, 15) is 14.4 Å². The van der Waals surface area contributed by atoms with Crippen LogP contribution >= 0.6 is 0 Å². The van der Waals surface area contributed by atoms with Gasteiger partial charge in [0.15, 0.2) is 0 Å². The summed E-state index contributed by atoms with van der Waals surface area (Å²) < 4.78 is 0. The molecule has 0 aromatic heterocycles. The van der Waals surface area contributed by atoms with Gasteiger partial charge >= 0.3 is 0 Å². The van der Waals surface area contributed by atoms with Gasteiger partial charge in [0.05, 0.1) is 17.5 Å². The van der Waals surface area contributed by atoms with E-state index in [1.807, 2.05) is 32.0 Å². The van der Waals surface area contributed by atoms with Crippen LogP contribution in [0.1, 0.15) is 47.2 Å². The first-order chi connectivity index (χ1) is 13.5. The van der Waals surface area contributed by atoms with Gasteiger partial charge in [0.1, 0.15) is 0 Å². The van der Waals surface area contributed by atoms with Gasteiger partial charge in [0.25, 0.3) is 5.91 Å². The predicted molar refractivity (Wildman–Crippen MR) is 108 cm³/mol. The lowest BCUT2D eigenvalue weighted by Crippen LogP contribution is -2.31. The van der Waals surface area contributed by atoms with Crippen LogP contribution in [0.4, 0.5) is 11.4 Å². The van der Waals surface area contributed by atoms with Crippen LogP contribution < -0.4 is 10.2 Å². The van der Waals surface area contributed by atoms with E-state index in [-0.39, 0.29) is 29.6 Å². The Labute approximate surface area is 164 Å². The summed E-state index contributed by atoms with van der Waals surface area (Å²) in [5, 5.41) is 2.89. The first-order valence-electron chi connectivity index (χ1n) is 9.82. The normalized spacial score (nSPS) is 21.6. The standard InChI is InChI=1S/C23H24N2O3/c1-14-10-11-17(12-15(14)2)24-21(26)16-6-5-7-18(13-16)25-22(27)19-8-3-4-9-20(19)23(25)28/h5-7,10-13,19-20H,3-4,8-9H2,1-2H3,(H,24,26)/t19-,20+. The lowest BCUT2D eigenvalue weighted by atomic mass is 9.81. The molecule has 2 atom stereocenters. The summed E-state index contributed by atoms with van der Waals surface area (Å²) >= 11 is 0. The summed E-state index contributed by atoms with van der Waals surface area (Å²) in [4.78, 5) is 39.6. The Hall–Kier alpha value is -2.95. The van der Waals surface area contributed by atoms with Crippen molar-refractivity contribution in [3.63, 3.8) is 0 Å². The summed E-state index contributed by atoms with van der Waals surface area (Å²) in [6.45, 7) is 4.02. The SMILES string of the molecule is Cc1ccc(NC(=O)c2cccc(N3C(=O)[C@H]4CCCC[C@H]4C3=O)c2)cc1C. The molecule has 2 aliphatic rings. The van der Waals surface area contributed by atoms with E-state index in [1.165, 1.54) is 4.90 Å². The summed E-state index contributed by atoms with van der Waals surface area (Å²) in [5.74, 6) is -0.909. The van der Waals surface area contributed by atoms with Crippen LogP contribution in [-0.4, -0.2) is 17.7 Å². The predicted octanol–water partition coefficient (Wildman–Crippen LogP) is 4.24. The third kappa shape index (κ3) is 3.21. The van der Waals surface area contributed by atoms with Gasteiger partial charge in [0.2, 0.25) is 11.8 Å². The largest absolute Gasteiger partial charge is 0.322 e. The van der Waals surface area contributed by atoms with Crippen molar-refractivity contribution in [2.75, 3.05) is 10.2 Å². The molecule has 2 aromatic rings. The van der Waals surface area contributed by atoms with Gasteiger partial charge in [-0.15, -0.1) is 0 Å². The molecular formula is C23H24N2O3. The quantitative estimate of drug-likeness (QED) is 0.815. The highest BCUT2D eigenvalue weighted by atomic mass is 16.2. The number of fused-ring (bicyclic) bond motifs is 1. The number of carbonyl (C=O) groups excluding carboxylic acids is 3. The van der Waals surface area contributed by atoms with E-state index in [0.717, 1.165) is 42.5 Å². The second-order valence-electron chi connectivity index (χ2n) is 7.81. The minimum absolute atomic E-state index is 0.124. The number of anilines is 2. The zero-order valence-electron chi connectivity index (χ0n) is 16.2. The van der Waals surface area contributed by atoms with Crippen LogP contribution in [0.25, 0.3) is 0 Å². The lowest BCUT2D eigenvalue weighted by Gasteiger charge is -2.19. The van der Waals surface area contributed by atoms with Crippen molar-refractivity contribution in [3.05, 3.63) is 59.2 Å². The monoisotopic (exact) mass is 376 g/mol. The molecule has 144 valence electrons. The number of hydrogen-bond acceptors (Lipinski definition) is 3. The van der Waals surface area contributed by atoms with Gasteiger partial charge in [-0.2, -0.15) is 0 Å². The highest BCUT2D eigenvalue weighted by molar-refractivity contribution is 6.22. The van der Waals surface area contributed by atoms with E-state index in [2.05, 4.69) is 5.32 Å². The Morgan fingerprint density at radius 1 is 0.929 bits per heavy atom. The summed E-state index contributed by atoms with van der Waals surface area (Å²) in [5.41, 5.74) is 3.89. The zero-order valence-corrected chi connectivity index (χ0v) is 16.2. The van der Waals surface area contributed by atoms with Gasteiger partial charge in [0, 0.05) is 11.3 Å². The molecule has 0 unspecified atom stereocenters. The average Bonchev–Trinajstić information content (AvgIpc) is 2.96. The number of benzene rings is 2. The number of amides is 3. The molecule has 0 spiro atoms. The van der Waals surface area contributed by atoms with Crippen LogP contribution in [0.15, 0.2) is 42.5 Å². The molecule has 2 aromatic carbocycles. The van der Waals surface area contributed by atoms with Crippen molar-refractivity contribution in [3.8, 4) is 0 Å². The van der Waals surface area contributed by atoms with Crippen molar-refractivity contribution in [1.29, 1.82) is 0 Å². The van der Waals surface area contributed by atoms with Crippen molar-refractivity contribution in [2.24, 2.45) is 11.8 Å². The van der Waals surface area contributed by atoms with Gasteiger partial charge < -0.3 is 5.32 Å². The maximum Gasteiger partial charge on any atom is 0.255 e. The molecule has 3 amide bonds. The molecule has 1 aliphatic heterocycles. The van der Waals surface area contributed by atoms with Crippen LogP contribution in [-0.2, 0) is 9.59 Å². The maximum absolute atomic E-state index is 12.8. The van der Waals surface area contributed by atoms with Gasteiger partial charge in [-0.1, -0.05) is 25.0 Å². The minimum atomic E-state index is -0.262. The Bertz CT molecular complexity index is 942. The highest BCUT2D eigenvalue weighted by Crippen LogP contribution is 2.40. The van der Waals surface area contributed by atoms with E-state index >= 15 is 0 Å². The molecule has 0 radical (unpaired) electrons. The van der Waals surface area contributed by atoms with Crippen LogP contribution in [0.2, 0.25) is 0 Å². The maximum atomic E-state index is 12.8. The van der Waals surface area contributed by atoms with Crippen molar-refractivity contribution >= 4 is 29.1 Å². The molecule has 1 heterocycles. The first kappa shape index (κ1) is 18.4. The van der Waals surface area contributed by atoms with Crippen molar-refractivity contribution < 1.29 is 14.4 Å². The average molecular weight is 376 g/mol. The number of imide groups is 1. The fourth-order valence-electron chi connectivity index (χ4n) is 4.23. The molecule has 0 bridgehead atoms. The van der Waals surface area contributed by atoms with Crippen LogP contribution in [0.3, 0.4) is 0 Å². The third-order valence-electron chi connectivity index (χ3n) is 5.97. The summed E-state index contributed by atoms with van der Waals surface area (Å²) in [6, 6.07) is 12.5. The molecule has 4 rings (SSSR count). The lowest BCUT2D eigenvalue weighted by molar-refractivity contribution is -0.122. The second-order valence-corrected chi connectivity index (χ2v) is 7.81. The highest BCUT2D eigenvalue weighted by Gasteiger charge is 2.48. The number of hydrogen-bond donors (Lipinski definition) is 1. The second kappa shape index (κ2) is 7.23. The van der Waals surface area contributed by atoms with E-state index < -0.39 is 0 Å². The van der Waals surface area contributed by atoms with Crippen LogP contribution in [0.5, 0.6) is 0 Å². The molecule has 1 aliphatic carbocycles. The van der Waals surface area contributed by atoms with E-state index in [1.54, 1.807) is 24.3 Å². The summed E-state index contributed by atoms with van der Waals surface area (Å²) in [7, 11) is 0. The minimum Gasteiger partial charge on any atom is -0.322 e. The molecule has 5 heteroatoms. The first-order valence-corrected chi connectivity index (χ1v) is 9.82. The van der Waals surface area contributed by atoms with Gasteiger partial charge in [-0.25, -0.2) is 0 Å². The van der Waals surface area contributed by atoms with Crippen LogP contribution in [0, 0.1) is 25.7 Å². The Morgan fingerprint density at radius 3 is 2.25 bits per heavy atom. The smallest absolute Gasteiger partial charge is 0.255 e. The molecule has 28 heavy (non-hydrogen) atoms. The molecule has 1 saturated heterocycles. The Balaban J connectivity index is 1.57. The molecule has 2 fully saturated rings. The molecule has 1 N–H and O–H groups in total.